The number of nitrogens with zero attached hydrogens (tertiary/aromatic N) is 2. The van der Waals surface area contributed by atoms with Crippen molar-refractivity contribution in [2.24, 2.45) is 0 Å². The molecule has 1 N–H and O–H groups in total. The molecular formula is C29H33Cl2N3O6S. The number of carbonyl (C=O) groups excluding carboxylic acids is 2. The Morgan fingerprint density at radius 2 is 1.59 bits per heavy atom. The van der Waals surface area contributed by atoms with Gasteiger partial charge in [-0.05, 0) is 55.3 Å². The van der Waals surface area contributed by atoms with Gasteiger partial charge < -0.3 is 19.7 Å². The number of methoxy groups -OCH3 is 2. The second-order valence-electron chi connectivity index (χ2n) is 9.17. The van der Waals surface area contributed by atoms with Crippen LogP contribution in [-0.4, -0.2) is 59.0 Å². The molecule has 3 aromatic rings. The molecule has 3 aromatic carbocycles. The van der Waals surface area contributed by atoms with Crippen molar-refractivity contribution in [2.75, 3.05) is 32.1 Å². The Hall–Kier alpha value is -3.47. The Bertz CT molecular complexity index is 1500. The van der Waals surface area contributed by atoms with Gasteiger partial charge in [0, 0.05) is 19.7 Å². The van der Waals surface area contributed by atoms with E-state index in [1.165, 1.54) is 50.4 Å². The number of hydrogen-bond donors (Lipinski definition) is 1. The largest absolute Gasteiger partial charge is 0.493 e. The third-order valence-electron chi connectivity index (χ3n) is 6.51. The van der Waals surface area contributed by atoms with Gasteiger partial charge in [0.1, 0.15) is 12.6 Å². The standard InChI is InChI=1S/C29H33Cl2N3O6S/c1-6-25(29(36)32-3)33(17-20-9-13-23(30)24(31)15-20)28(35)18-34(21-10-14-26(39-4)27(16-21)40-5)41(37,38)22-11-7-19(2)8-12-22/h7-16,25H,6,17-18H2,1-5H3,(H,32,36). The fourth-order valence-electron chi connectivity index (χ4n) is 4.27. The lowest BCUT2D eigenvalue weighted by atomic mass is 10.1. The summed E-state index contributed by atoms with van der Waals surface area (Å²) in [6.07, 6.45) is 0.286. The minimum atomic E-state index is -4.24. The van der Waals surface area contributed by atoms with E-state index in [1.54, 1.807) is 43.3 Å². The zero-order valence-electron chi connectivity index (χ0n) is 23.5. The van der Waals surface area contributed by atoms with Crippen molar-refractivity contribution in [2.45, 2.75) is 37.8 Å². The van der Waals surface area contributed by atoms with Crippen LogP contribution in [-0.2, 0) is 26.2 Å². The zero-order chi connectivity index (χ0) is 30.3. The second-order valence-corrected chi connectivity index (χ2v) is 11.8. The lowest BCUT2D eigenvalue weighted by molar-refractivity contribution is -0.140. The van der Waals surface area contributed by atoms with Crippen LogP contribution in [0.3, 0.4) is 0 Å². The van der Waals surface area contributed by atoms with Gasteiger partial charge in [-0.2, -0.15) is 0 Å². The molecule has 0 fully saturated rings. The van der Waals surface area contributed by atoms with Crippen molar-refractivity contribution in [3.8, 4) is 11.5 Å². The second kappa shape index (κ2) is 13.9. The Morgan fingerprint density at radius 1 is 0.927 bits per heavy atom. The molecular weight excluding hydrogens is 589 g/mol. The van der Waals surface area contributed by atoms with Crippen LogP contribution in [0.1, 0.15) is 24.5 Å². The lowest BCUT2D eigenvalue weighted by Crippen LogP contribution is -2.51. The Morgan fingerprint density at radius 3 is 2.15 bits per heavy atom. The molecule has 0 bridgehead atoms. The van der Waals surface area contributed by atoms with Crippen molar-refractivity contribution in [1.29, 1.82) is 0 Å². The van der Waals surface area contributed by atoms with E-state index in [4.69, 9.17) is 32.7 Å². The monoisotopic (exact) mass is 621 g/mol. The highest BCUT2D eigenvalue weighted by molar-refractivity contribution is 7.92. The van der Waals surface area contributed by atoms with Crippen molar-refractivity contribution in [3.63, 3.8) is 0 Å². The first-order chi connectivity index (χ1) is 19.5. The van der Waals surface area contributed by atoms with E-state index in [9.17, 15) is 18.0 Å². The van der Waals surface area contributed by atoms with Crippen molar-refractivity contribution in [3.05, 3.63) is 81.8 Å². The summed E-state index contributed by atoms with van der Waals surface area (Å²) in [5.41, 5.74) is 1.68. The molecule has 0 radical (unpaired) electrons. The Kier molecular flexibility index (Phi) is 10.9. The first-order valence-electron chi connectivity index (χ1n) is 12.7. The number of hydrogen-bond acceptors (Lipinski definition) is 6. The quantitative estimate of drug-likeness (QED) is 0.303. The zero-order valence-corrected chi connectivity index (χ0v) is 25.8. The summed E-state index contributed by atoms with van der Waals surface area (Å²) >= 11 is 12.3. The highest BCUT2D eigenvalue weighted by Gasteiger charge is 2.34. The van der Waals surface area contributed by atoms with Gasteiger partial charge in [0.15, 0.2) is 11.5 Å². The van der Waals surface area contributed by atoms with Gasteiger partial charge in [0.25, 0.3) is 10.0 Å². The topological polar surface area (TPSA) is 105 Å². The number of sulfonamides is 1. The van der Waals surface area contributed by atoms with Gasteiger partial charge in [0.05, 0.1) is 34.8 Å². The molecule has 0 aliphatic heterocycles. The molecule has 0 spiro atoms. The minimum absolute atomic E-state index is 0.0000562. The SMILES string of the molecule is CCC(C(=O)NC)N(Cc1ccc(Cl)c(Cl)c1)C(=O)CN(c1ccc(OC)c(OC)c1)S(=O)(=O)c1ccc(C)cc1. The molecule has 0 saturated heterocycles. The minimum Gasteiger partial charge on any atom is -0.493 e. The summed E-state index contributed by atoms with van der Waals surface area (Å²) in [6.45, 7) is 3.01. The molecule has 0 saturated carbocycles. The fraction of sp³-hybridized carbons (Fsp3) is 0.310. The van der Waals surface area contributed by atoms with Crippen LogP contribution in [0.4, 0.5) is 5.69 Å². The van der Waals surface area contributed by atoms with Crippen molar-refractivity contribution in [1.82, 2.24) is 10.2 Å². The molecule has 1 atom stereocenters. The summed E-state index contributed by atoms with van der Waals surface area (Å²) in [7, 11) is 0.135. The van der Waals surface area contributed by atoms with E-state index in [-0.39, 0.29) is 35.2 Å². The van der Waals surface area contributed by atoms with Crippen LogP contribution in [0, 0.1) is 6.92 Å². The molecule has 0 aliphatic rings. The normalized spacial score (nSPS) is 11.9. The maximum absolute atomic E-state index is 14.0. The highest BCUT2D eigenvalue weighted by atomic mass is 35.5. The summed E-state index contributed by atoms with van der Waals surface area (Å²) in [5, 5.41) is 3.22. The van der Waals surface area contributed by atoms with Crippen LogP contribution in [0.25, 0.3) is 0 Å². The number of aryl methyl sites for hydroxylation is 1. The molecule has 0 heterocycles. The van der Waals surface area contributed by atoms with Crippen molar-refractivity contribution < 1.29 is 27.5 Å². The van der Waals surface area contributed by atoms with E-state index in [2.05, 4.69) is 5.32 Å². The first kappa shape index (κ1) is 32.0. The predicted octanol–water partition coefficient (Wildman–Crippen LogP) is 5.07. The smallest absolute Gasteiger partial charge is 0.264 e. The average Bonchev–Trinajstić information content (AvgIpc) is 2.97. The number of nitrogens with one attached hydrogen (secondary N) is 1. The number of amides is 2. The van der Waals surface area contributed by atoms with Crippen LogP contribution in [0.15, 0.2) is 65.6 Å². The highest BCUT2D eigenvalue weighted by Crippen LogP contribution is 2.34. The van der Waals surface area contributed by atoms with E-state index >= 15 is 0 Å². The third-order valence-corrected chi connectivity index (χ3v) is 9.04. The maximum Gasteiger partial charge on any atom is 0.264 e. The van der Waals surface area contributed by atoms with Gasteiger partial charge in [0.2, 0.25) is 11.8 Å². The number of carbonyl (C=O) groups is 2. The van der Waals surface area contributed by atoms with Crippen LogP contribution < -0.4 is 19.1 Å². The molecule has 220 valence electrons. The van der Waals surface area contributed by atoms with Crippen molar-refractivity contribution >= 4 is 50.7 Å². The van der Waals surface area contributed by atoms with Gasteiger partial charge >= 0.3 is 0 Å². The van der Waals surface area contributed by atoms with E-state index in [1.807, 2.05) is 6.92 Å². The molecule has 9 nitrogen and oxygen atoms in total. The molecule has 0 aromatic heterocycles. The molecule has 3 rings (SSSR count). The van der Waals surface area contributed by atoms with Crippen LogP contribution in [0.2, 0.25) is 10.0 Å². The molecule has 2 amide bonds. The number of likely N-dealkylation sites (N-methyl/N-ethyl adjacent to an activating group) is 1. The Labute approximate surface area is 251 Å². The summed E-state index contributed by atoms with van der Waals surface area (Å²) in [6, 6.07) is 14.9. The maximum atomic E-state index is 14.0. The predicted molar refractivity (Wildman–Crippen MR) is 160 cm³/mol. The van der Waals surface area contributed by atoms with Gasteiger partial charge in [-0.25, -0.2) is 8.42 Å². The molecule has 0 aliphatic carbocycles. The number of anilines is 1. The van der Waals surface area contributed by atoms with Crippen LogP contribution >= 0.6 is 23.2 Å². The Balaban J connectivity index is 2.12. The first-order valence-corrected chi connectivity index (χ1v) is 14.9. The van der Waals surface area contributed by atoms with E-state index in [0.717, 1.165) is 9.87 Å². The van der Waals surface area contributed by atoms with Gasteiger partial charge in [-0.3, -0.25) is 13.9 Å². The summed E-state index contributed by atoms with van der Waals surface area (Å²) in [5.74, 6) is -0.315. The van der Waals surface area contributed by atoms with Gasteiger partial charge in [-0.1, -0.05) is 53.9 Å². The molecule has 12 heteroatoms. The number of halogens is 2. The van der Waals surface area contributed by atoms with Gasteiger partial charge in [-0.15, -0.1) is 0 Å². The molecule has 41 heavy (non-hydrogen) atoms. The average molecular weight is 623 g/mol. The summed E-state index contributed by atoms with van der Waals surface area (Å²) in [4.78, 5) is 28.2. The van der Waals surface area contributed by atoms with E-state index in [0.29, 0.717) is 21.4 Å². The van der Waals surface area contributed by atoms with E-state index < -0.39 is 28.5 Å². The number of benzene rings is 3. The number of rotatable bonds is 12. The third kappa shape index (κ3) is 7.44. The lowest BCUT2D eigenvalue weighted by Gasteiger charge is -2.33. The number of ether oxygens (including phenoxy) is 2. The molecule has 1 unspecified atom stereocenters. The summed E-state index contributed by atoms with van der Waals surface area (Å²) < 4.78 is 39.7. The van der Waals surface area contributed by atoms with Crippen LogP contribution in [0.5, 0.6) is 11.5 Å². The fourth-order valence-corrected chi connectivity index (χ4v) is 5.99.